The summed E-state index contributed by atoms with van der Waals surface area (Å²) in [6, 6.07) is 0. The molecule has 0 aliphatic carbocycles. The Morgan fingerprint density at radius 3 is 2.00 bits per heavy atom. The first-order chi connectivity index (χ1) is 5.23. The minimum atomic E-state index is -3.28. The van der Waals surface area contributed by atoms with Crippen LogP contribution in [0.2, 0.25) is 0 Å². The zero-order chi connectivity index (χ0) is 9.99. The average Bonchev–Trinajstić information content (AvgIpc) is 1.84. The van der Waals surface area contributed by atoms with Crippen molar-refractivity contribution in [2.24, 2.45) is 5.92 Å². The van der Waals surface area contributed by atoms with Crippen molar-refractivity contribution in [2.75, 3.05) is 12.4 Å². The van der Waals surface area contributed by atoms with E-state index in [2.05, 4.69) is 0 Å². The first-order valence-corrected chi connectivity index (χ1v) is 5.66. The second-order valence-corrected chi connectivity index (χ2v) is 6.74. The van der Waals surface area contributed by atoms with Crippen molar-refractivity contribution >= 4 is 9.84 Å². The Hall–Kier alpha value is -0.120. The van der Waals surface area contributed by atoms with Gasteiger partial charge in [0.2, 0.25) is 0 Å². The Bertz CT molecular complexity index is 229. The molecule has 0 aromatic carbocycles. The van der Waals surface area contributed by atoms with Gasteiger partial charge < -0.3 is 0 Å². The van der Waals surface area contributed by atoms with Gasteiger partial charge in [-0.3, -0.25) is 0 Å². The fourth-order valence-corrected chi connectivity index (χ4v) is 2.24. The number of halogens is 1. The predicted octanol–water partition coefficient (Wildman–Crippen LogP) is 1.81. The fraction of sp³-hybridized carbons (Fsp3) is 1.00. The van der Waals surface area contributed by atoms with Crippen molar-refractivity contribution in [3.8, 4) is 0 Å². The molecule has 4 heteroatoms. The average molecular weight is 196 g/mol. The van der Waals surface area contributed by atoms with E-state index in [0.29, 0.717) is 0 Å². The van der Waals surface area contributed by atoms with Crippen LogP contribution in [0.25, 0.3) is 0 Å². The lowest BCUT2D eigenvalue weighted by molar-refractivity contribution is 0.408. The molecule has 0 aliphatic heterocycles. The molecule has 0 saturated heterocycles. The summed E-state index contributed by atoms with van der Waals surface area (Å²) in [7, 11) is -3.28. The van der Waals surface area contributed by atoms with Gasteiger partial charge in [-0.25, -0.2) is 12.8 Å². The first-order valence-electron chi connectivity index (χ1n) is 4.01. The normalized spacial score (nSPS) is 13.8. The second kappa shape index (κ2) is 3.73. The summed E-state index contributed by atoms with van der Waals surface area (Å²) >= 11 is 0. The van der Waals surface area contributed by atoms with Crippen molar-refractivity contribution < 1.29 is 12.8 Å². The van der Waals surface area contributed by atoms with Gasteiger partial charge in [-0.05, 0) is 19.8 Å². The molecule has 0 atom stereocenters. The minimum Gasteiger partial charge on any atom is -0.249 e. The number of sulfone groups is 1. The third-order valence-corrected chi connectivity index (χ3v) is 4.61. The lowest BCUT2D eigenvalue weighted by atomic mass is 10.2. The molecule has 0 radical (unpaired) electrons. The van der Waals surface area contributed by atoms with Gasteiger partial charge in [-0.1, -0.05) is 13.8 Å². The van der Waals surface area contributed by atoms with Gasteiger partial charge in [-0.15, -0.1) is 0 Å². The van der Waals surface area contributed by atoms with Gasteiger partial charge in [0.1, 0.15) is 6.67 Å². The van der Waals surface area contributed by atoms with Crippen molar-refractivity contribution in [1.82, 2.24) is 0 Å². The van der Waals surface area contributed by atoms with Gasteiger partial charge >= 0.3 is 0 Å². The van der Waals surface area contributed by atoms with Crippen LogP contribution < -0.4 is 0 Å². The summed E-state index contributed by atoms with van der Waals surface area (Å²) in [6.07, 6.45) is 0. The van der Waals surface area contributed by atoms with Crippen LogP contribution in [-0.4, -0.2) is 25.6 Å². The summed E-state index contributed by atoms with van der Waals surface area (Å²) in [5.41, 5.74) is 0. The molecule has 0 fully saturated rings. The standard InChI is InChI=1S/C8H17FO2S/c1-7(2)5-12(10,11)8(3,4)6-9/h7H,5-6H2,1-4H3. The molecule has 0 amide bonds. The smallest absolute Gasteiger partial charge is 0.158 e. The van der Waals surface area contributed by atoms with Gasteiger partial charge in [0, 0.05) is 0 Å². The van der Waals surface area contributed by atoms with E-state index in [0.717, 1.165) is 0 Å². The summed E-state index contributed by atoms with van der Waals surface area (Å²) in [5, 5.41) is 0. The third kappa shape index (κ3) is 2.73. The summed E-state index contributed by atoms with van der Waals surface area (Å²) in [6.45, 7) is 5.65. The lowest BCUT2D eigenvalue weighted by Crippen LogP contribution is -2.37. The van der Waals surface area contributed by atoms with Gasteiger partial charge in [0.05, 0.1) is 10.5 Å². The maximum absolute atomic E-state index is 12.3. The molecule has 0 aromatic rings. The van der Waals surface area contributed by atoms with E-state index in [1.54, 1.807) is 0 Å². The first kappa shape index (κ1) is 11.9. The van der Waals surface area contributed by atoms with E-state index in [1.165, 1.54) is 13.8 Å². The van der Waals surface area contributed by atoms with Crippen molar-refractivity contribution in [1.29, 1.82) is 0 Å². The van der Waals surface area contributed by atoms with E-state index in [4.69, 9.17) is 0 Å². The zero-order valence-electron chi connectivity index (χ0n) is 8.09. The van der Waals surface area contributed by atoms with E-state index in [1.807, 2.05) is 13.8 Å². The summed E-state index contributed by atoms with van der Waals surface area (Å²) in [5.74, 6) is 0.116. The van der Waals surface area contributed by atoms with Crippen LogP contribution in [0.3, 0.4) is 0 Å². The fourth-order valence-electron chi connectivity index (χ4n) is 0.748. The van der Waals surface area contributed by atoms with Crippen LogP contribution in [0.4, 0.5) is 4.39 Å². The third-order valence-electron chi connectivity index (χ3n) is 1.72. The number of hydrogen-bond acceptors (Lipinski definition) is 2. The number of rotatable bonds is 4. The molecule has 2 nitrogen and oxygen atoms in total. The van der Waals surface area contributed by atoms with Crippen LogP contribution in [0, 0.1) is 5.92 Å². The Kier molecular flexibility index (Phi) is 3.69. The molecule has 0 saturated carbocycles. The maximum atomic E-state index is 12.3. The quantitative estimate of drug-likeness (QED) is 0.687. The highest BCUT2D eigenvalue weighted by Crippen LogP contribution is 2.19. The lowest BCUT2D eigenvalue weighted by Gasteiger charge is -2.21. The predicted molar refractivity (Wildman–Crippen MR) is 48.7 cm³/mol. The van der Waals surface area contributed by atoms with Gasteiger partial charge in [-0.2, -0.15) is 0 Å². The van der Waals surface area contributed by atoms with Crippen molar-refractivity contribution in [3.05, 3.63) is 0 Å². The van der Waals surface area contributed by atoms with Crippen LogP contribution in [-0.2, 0) is 9.84 Å². The molecule has 0 N–H and O–H groups in total. The summed E-state index contributed by atoms with van der Waals surface area (Å²) < 4.78 is 34.0. The van der Waals surface area contributed by atoms with Crippen LogP contribution >= 0.6 is 0 Å². The second-order valence-electron chi connectivity index (χ2n) is 4.07. The molecule has 0 unspecified atom stereocenters. The molecule has 0 bridgehead atoms. The van der Waals surface area contributed by atoms with E-state index in [9.17, 15) is 12.8 Å². The monoisotopic (exact) mass is 196 g/mol. The van der Waals surface area contributed by atoms with Crippen LogP contribution in [0.5, 0.6) is 0 Å². The highest BCUT2D eigenvalue weighted by Gasteiger charge is 2.34. The van der Waals surface area contributed by atoms with E-state index in [-0.39, 0.29) is 11.7 Å². The maximum Gasteiger partial charge on any atom is 0.158 e. The van der Waals surface area contributed by atoms with Crippen LogP contribution in [0.15, 0.2) is 0 Å². The number of alkyl halides is 1. The van der Waals surface area contributed by atoms with Gasteiger partial charge in [0.25, 0.3) is 0 Å². The molecule has 74 valence electrons. The largest absolute Gasteiger partial charge is 0.249 e. The topological polar surface area (TPSA) is 34.1 Å². The molecular formula is C8H17FO2S. The van der Waals surface area contributed by atoms with Crippen molar-refractivity contribution in [2.45, 2.75) is 32.4 Å². The highest BCUT2D eigenvalue weighted by molar-refractivity contribution is 7.92. The molecule has 12 heavy (non-hydrogen) atoms. The molecule has 0 spiro atoms. The SMILES string of the molecule is CC(C)CS(=O)(=O)C(C)(C)CF. The Morgan fingerprint density at radius 1 is 1.33 bits per heavy atom. The molecule has 0 rings (SSSR count). The zero-order valence-corrected chi connectivity index (χ0v) is 8.91. The minimum absolute atomic E-state index is 0.0563. The summed E-state index contributed by atoms with van der Waals surface area (Å²) in [4.78, 5) is 0. The van der Waals surface area contributed by atoms with E-state index >= 15 is 0 Å². The molecule has 0 aliphatic rings. The van der Waals surface area contributed by atoms with E-state index < -0.39 is 21.3 Å². The number of hydrogen-bond donors (Lipinski definition) is 0. The Morgan fingerprint density at radius 2 is 1.75 bits per heavy atom. The van der Waals surface area contributed by atoms with Gasteiger partial charge in [0.15, 0.2) is 9.84 Å². The molecule has 0 aromatic heterocycles. The molecular weight excluding hydrogens is 179 g/mol. The molecule has 0 heterocycles. The Labute approximate surface area is 74.1 Å². The van der Waals surface area contributed by atoms with Crippen molar-refractivity contribution in [3.63, 3.8) is 0 Å². The van der Waals surface area contributed by atoms with Crippen LogP contribution in [0.1, 0.15) is 27.7 Å². The Balaban J connectivity index is 4.63. The highest BCUT2D eigenvalue weighted by atomic mass is 32.2.